The predicted molar refractivity (Wildman–Crippen MR) is 152 cm³/mol. The van der Waals surface area contributed by atoms with Crippen molar-refractivity contribution >= 4 is 34.2 Å². The molecule has 0 aliphatic carbocycles. The molecule has 0 atom stereocenters. The van der Waals surface area contributed by atoms with Crippen LogP contribution in [0, 0.1) is 10.1 Å². The zero-order valence-electron chi connectivity index (χ0n) is 22.0. The van der Waals surface area contributed by atoms with Crippen molar-refractivity contribution in [1.29, 1.82) is 0 Å². The van der Waals surface area contributed by atoms with E-state index in [1.54, 1.807) is 4.90 Å². The molecule has 0 saturated carbocycles. The van der Waals surface area contributed by atoms with E-state index in [1.165, 1.54) is 29.2 Å². The number of amides is 3. The Hall–Kier alpha value is -4.66. The number of para-hydroxylation sites is 1. The van der Waals surface area contributed by atoms with E-state index in [0.717, 1.165) is 34.9 Å². The van der Waals surface area contributed by atoms with Crippen molar-refractivity contribution < 1.29 is 14.5 Å². The molecule has 2 N–H and O–H groups in total. The molecule has 0 saturated heterocycles. The molecule has 39 heavy (non-hydrogen) atoms. The first-order chi connectivity index (χ1) is 18.9. The van der Waals surface area contributed by atoms with Crippen LogP contribution in [-0.2, 0) is 17.8 Å². The van der Waals surface area contributed by atoms with Gasteiger partial charge in [0, 0.05) is 54.6 Å². The van der Waals surface area contributed by atoms with Gasteiger partial charge in [0.2, 0.25) is 5.91 Å². The quantitative estimate of drug-likeness (QED) is 0.174. The van der Waals surface area contributed by atoms with Gasteiger partial charge < -0.3 is 20.1 Å². The van der Waals surface area contributed by atoms with Gasteiger partial charge in [-0.15, -0.1) is 0 Å². The van der Waals surface area contributed by atoms with E-state index in [2.05, 4.69) is 16.4 Å². The van der Waals surface area contributed by atoms with E-state index >= 15 is 0 Å². The van der Waals surface area contributed by atoms with Gasteiger partial charge >= 0.3 is 6.03 Å². The Kier molecular flexibility index (Phi) is 9.29. The van der Waals surface area contributed by atoms with Gasteiger partial charge in [-0.05, 0) is 42.2 Å². The third-order valence-electron chi connectivity index (χ3n) is 6.62. The molecule has 1 heterocycles. The zero-order valence-corrected chi connectivity index (χ0v) is 22.0. The molecule has 9 heteroatoms. The van der Waals surface area contributed by atoms with Gasteiger partial charge in [-0.3, -0.25) is 14.9 Å². The smallest absolute Gasteiger partial charge is 0.322 e. The number of aromatic nitrogens is 1. The maximum atomic E-state index is 13.6. The van der Waals surface area contributed by atoms with E-state index in [-0.39, 0.29) is 18.1 Å². The first kappa shape index (κ1) is 27.4. The van der Waals surface area contributed by atoms with Crippen molar-refractivity contribution in [3.8, 4) is 0 Å². The summed E-state index contributed by atoms with van der Waals surface area (Å²) >= 11 is 0. The lowest BCUT2D eigenvalue weighted by Gasteiger charge is -2.28. The van der Waals surface area contributed by atoms with Crippen LogP contribution < -0.4 is 5.32 Å². The number of non-ortho nitro benzene ring substituents is 1. The normalized spacial score (nSPS) is 10.8. The molecule has 0 bridgehead atoms. The van der Waals surface area contributed by atoms with E-state index in [1.807, 2.05) is 61.7 Å². The molecule has 0 aliphatic heterocycles. The molecule has 4 aromatic rings. The molecule has 3 amide bonds. The highest BCUT2D eigenvalue weighted by molar-refractivity contribution is 5.92. The second kappa shape index (κ2) is 13.2. The number of hydrogen-bond donors (Lipinski definition) is 2. The third kappa shape index (κ3) is 7.44. The summed E-state index contributed by atoms with van der Waals surface area (Å²) in [6.07, 6.45) is 4.27. The summed E-state index contributed by atoms with van der Waals surface area (Å²) in [7, 11) is 0. The number of nitrogens with one attached hydrogen (secondary N) is 2. The highest BCUT2D eigenvalue weighted by Gasteiger charge is 2.22. The summed E-state index contributed by atoms with van der Waals surface area (Å²) in [6.45, 7) is 3.31. The lowest BCUT2D eigenvalue weighted by atomic mass is 10.1. The Morgan fingerprint density at radius 2 is 1.64 bits per heavy atom. The number of unbranched alkanes of at least 4 members (excludes halogenated alkanes) is 1. The van der Waals surface area contributed by atoms with Crippen LogP contribution in [0.2, 0.25) is 0 Å². The van der Waals surface area contributed by atoms with E-state index < -0.39 is 11.0 Å². The van der Waals surface area contributed by atoms with Crippen molar-refractivity contribution in [3.05, 3.63) is 106 Å². The molecule has 4 rings (SSSR count). The number of carbonyl (C=O) groups is 2. The van der Waals surface area contributed by atoms with E-state index in [9.17, 15) is 19.7 Å². The largest absolute Gasteiger partial charge is 0.361 e. The number of aromatic amines is 1. The monoisotopic (exact) mass is 527 g/mol. The van der Waals surface area contributed by atoms with Gasteiger partial charge in [0.25, 0.3) is 5.69 Å². The van der Waals surface area contributed by atoms with Crippen LogP contribution in [-0.4, -0.2) is 51.3 Å². The molecular formula is C30H33N5O4. The molecule has 3 aromatic carbocycles. The van der Waals surface area contributed by atoms with Crippen molar-refractivity contribution in [3.63, 3.8) is 0 Å². The summed E-state index contributed by atoms with van der Waals surface area (Å²) in [6, 6.07) is 23.1. The standard InChI is InChI=1S/C30H33N5O4/c1-2-3-18-34(30(37)32-25-13-15-26(16-14-25)35(38)39)22-29(36)33(21-23-9-5-4-6-10-23)19-17-24-20-31-28-12-8-7-11-27(24)28/h4-16,20,31H,2-3,17-19,21-22H2,1H3,(H,32,37). The van der Waals surface area contributed by atoms with Gasteiger partial charge in [-0.1, -0.05) is 61.9 Å². The van der Waals surface area contributed by atoms with Crippen LogP contribution >= 0.6 is 0 Å². The number of H-pyrrole nitrogens is 1. The average molecular weight is 528 g/mol. The van der Waals surface area contributed by atoms with Gasteiger partial charge in [0.05, 0.1) is 4.92 Å². The SMILES string of the molecule is CCCCN(CC(=O)N(CCc1c[nH]c2ccccc12)Cc1ccccc1)C(=O)Nc1ccc([N+](=O)[O-])cc1. The molecule has 0 spiro atoms. The number of rotatable bonds is 12. The van der Waals surface area contributed by atoms with Crippen LogP contribution in [0.1, 0.15) is 30.9 Å². The van der Waals surface area contributed by atoms with Crippen molar-refractivity contribution in [2.45, 2.75) is 32.7 Å². The number of nitro groups is 1. The minimum absolute atomic E-state index is 0.0576. The number of benzene rings is 3. The van der Waals surface area contributed by atoms with Crippen LogP contribution in [0.15, 0.2) is 85.1 Å². The maximum absolute atomic E-state index is 13.6. The third-order valence-corrected chi connectivity index (χ3v) is 6.62. The van der Waals surface area contributed by atoms with Gasteiger partial charge in [-0.25, -0.2) is 4.79 Å². The van der Waals surface area contributed by atoms with Crippen molar-refractivity contribution in [2.75, 3.05) is 25.0 Å². The summed E-state index contributed by atoms with van der Waals surface area (Å²) in [5, 5.41) is 14.8. The van der Waals surface area contributed by atoms with Gasteiger partial charge in [0.1, 0.15) is 6.54 Å². The fraction of sp³-hybridized carbons (Fsp3) is 0.267. The second-order valence-corrected chi connectivity index (χ2v) is 9.42. The van der Waals surface area contributed by atoms with Crippen LogP contribution in [0.25, 0.3) is 10.9 Å². The lowest BCUT2D eigenvalue weighted by molar-refractivity contribution is -0.384. The van der Waals surface area contributed by atoms with Crippen LogP contribution in [0.3, 0.4) is 0 Å². The van der Waals surface area contributed by atoms with Crippen LogP contribution in [0.5, 0.6) is 0 Å². The Bertz CT molecular complexity index is 1400. The van der Waals surface area contributed by atoms with Crippen LogP contribution in [0.4, 0.5) is 16.2 Å². The van der Waals surface area contributed by atoms with Crippen molar-refractivity contribution in [2.24, 2.45) is 0 Å². The molecule has 0 aliphatic rings. The fourth-order valence-corrected chi connectivity index (χ4v) is 4.42. The molecule has 1 aromatic heterocycles. The summed E-state index contributed by atoms with van der Waals surface area (Å²) in [5.74, 6) is -0.145. The Morgan fingerprint density at radius 3 is 2.36 bits per heavy atom. The number of hydrogen-bond acceptors (Lipinski definition) is 4. The lowest BCUT2D eigenvalue weighted by Crippen LogP contribution is -2.45. The number of nitrogens with zero attached hydrogens (tertiary/aromatic N) is 3. The highest BCUT2D eigenvalue weighted by Crippen LogP contribution is 2.19. The number of anilines is 1. The molecule has 202 valence electrons. The topological polar surface area (TPSA) is 112 Å². The van der Waals surface area contributed by atoms with Gasteiger partial charge in [0.15, 0.2) is 0 Å². The minimum atomic E-state index is -0.491. The number of fused-ring (bicyclic) bond motifs is 1. The predicted octanol–water partition coefficient (Wildman–Crippen LogP) is 5.98. The summed E-state index contributed by atoms with van der Waals surface area (Å²) < 4.78 is 0. The fourth-order valence-electron chi connectivity index (χ4n) is 4.42. The molecule has 0 fully saturated rings. The number of nitro benzene ring substituents is 1. The minimum Gasteiger partial charge on any atom is -0.361 e. The summed E-state index contributed by atoms with van der Waals surface area (Å²) in [4.78, 5) is 43.8. The first-order valence-electron chi connectivity index (χ1n) is 13.1. The second-order valence-electron chi connectivity index (χ2n) is 9.42. The highest BCUT2D eigenvalue weighted by atomic mass is 16.6. The summed E-state index contributed by atoms with van der Waals surface area (Å²) in [5.41, 5.74) is 3.58. The number of carbonyl (C=O) groups excluding carboxylic acids is 2. The molecule has 0 radical (unpaired) electrons. The number of urea groups is 1. The van der Waals surface area contributed by atoms with E-state index in [4.69, 9.17) is 0 Å². The van der Waals surface area contributed by atoms with Gasteiger partial charge in [-0.2, -0.15) is 0 Å². The molecule has 0 unspecified atom stereocenters. The first-order valence-corrected chi connectivity index (χ1v) is 13.1. The average Bonchev–Trinajstić information content (AvgIpc) is 3.37. The zero-order chi connectivity index (χ0) is 27.6. The Balaban J connectivity index is 1.48. The Morgan fingerprint density at radius 1 is 0.923 bits per heavy atom. The Labute approximate surface area is 227 Å². The maximum Gasteiger partial charge on any atom is 0.322 e. The van der Waals surface area contributed by atoms with Crippen molar-refractivity contribution in [1.82, 2.24) is 14.8 Å². The molecule has 9 nitrogen and oxygen atoms in total. The van der Waals surface area contributed by atoms with E-state index in [0.29, 0.717) is 31.7 Å². The molecular weight excluding hydrogens is 494 g/mol.